The molecule has 166 valence electrons. The second-order valence-corrected chi connectivity index (χ2v) is 8.99. The third-order valence-electron chi connectivity index (χ3n) is 5.47. The van der Waals surface area contributed by atoms with E-state index in [1.54, 1.807) is 13.2 Å². The molecule has 0 N–H and O–H groups in total. The first kappa shape index (κ1) is 22.2. The highest BCUT2D eigenvalue weighted by Gasteiger charge is 2.32. The van der Waals surface area contributed by atoms with Gasteiger partial charge >= 0.3 is 0 Å². The van der Waals surface area contributed by atoms with E-state index < -0.39 is 5.92 Å². The van der Waals surface area contributed by atoms with Crippen molar-refractivity contribution >= 4 is 38.7 Å². The molecule has 5 rings (SSSR count). The number of benzene rings is 1. The number of rotatable bonds is 2. The summed E-state index contributed by atoms with van der Waals surface area (Å²) in [5, 5.41) is 1.02. The van der Waals surface area contributed by atoms with Crippen LogP contribution >= 0.6 is 11.3 Å². The lowest BCUT2D eigenvalue weighted by Crippen LogP contribution is -2.36. The monoisotopic (exact) mass is 456 g/mol. The van der Waals surface area contributed by atoms with Crippen LogP contribution in [0.1, 0.15) is 22.5 Å². The van der Waals surface area contributed by atoms with Gasteiger partial charge in [-0.3, -0.25) is 9.59 Å². The molecule has 9 heteroatoms. The Bertz CT molecular complexity index is 1340. The Balaban J connectivity index is 0.000000230. The Morgan fingerprint density at radius 2 is 1.88 bits per heavy atom. The molecule has 0 amide bonds. The summed E-state index contributed by atoms with van der Waals surface area (Å²) >= 11 is 1.45. The number of thiophene rings is 1. The molecule has 0 spiro atoms. The van der Waals surface area contributed by atoms with Gasteiger partial charge in [-0.2, -0.15) is 0 Å². The molecule has 1 aromatic carbocycles. The van der Waals surface area contributed by atoms with Crippen LogP contribution in [0.5, 0.6) is 0 Å². The number of piperidine rings is 1. The van der Waals surface area contributed by atoms with E-state index in [-0.39, 0.29) is 18.4 Å². The zero-order valence-electron chi connectivity index (χ0n) is 17.7. The molecule has 1 aliphatic heterocycles. The van der Waals surface area contributed by atoms with E-state index in [9.17, 15) is 18.4 Å². The Morgan fingerprint density at radius 3 is 2.56 bits per heavy atom. The van der Waals surface area contributed by atoms with E-state index in [2.05, 4.69) is 9.97 Å². The van der Waals surface area contributed by atoms with Crippen molar-refractivity contribution < 1.29 is 13.6 Å². The van der Waals surface area contributed by atoms with Crippen molar-refractivity contribution in [2.24, 2.45) is 7.05 Å². The molecule has 0 bridgehead atoms. The quantitative estimate of drug-likeness (QED) is 0.419. The molecule has 3 aromatic heterocycles. The summed E-state index contributed by atoms with van der Waals surface area (Å²) in [7, 11) is 3.52. The number of aryl methyl sites for hydroxylation is 1. The molecule has 0 saturated carbocycles. The molecule has 32 heavy (non-hydrogen) atoms. The van der Waals surface area contributed by atoms with Gasteiger partial charge in [-0.05, 0) is 24.6 Å². The van der Waals surface area contributed by atoms with E-state index in [0.29, 0.717) is 29.0 Å². The number of alkyl halides is 2. The standard InChI is InChI=1S/C17H11N3O2S.C6H11F2N/c1-20-9-19-14-6-11(7-18-15(14)17(20)22)13-4-2-3-10-5-12(8-21)23-16(10)13;1-9-4-2-6(7,8)3-5-9/h2-9H,1H3;2-5H2,1H3. The third-order valence-corrected chi connectivity index (χ3v) is 6.58. The molecule has 1 aliphatic rings. The number of halogens is 2. The van der Waals surface area contributed by atoms with Crippen molar-refractivity contribution in [2.45, 2.75) is 18.8 Å². The molecule has 0 radical (unpaired) electrons. The normalized spacial score (nSPS) is 16.0. The van der Waals surface area contributed by atoms with Crippen LogP contribution in [0.4, 0.5) is 8.78 Å². The first-order chi connectivity index (χ1) is 15.3. The van der Waals surface area contributed by atoms with Crippen LogP contribution in [-0.2, 0) is 7.05 Å². The highest BCUT2D eigenvalue weighted by molar-refractivity contribution is 7.21. The average Bonchev–Trinajstić information content (AvgIpc) is 3.22. The Hall–Kier alpha value is -3.04. The maximum atomic E-state index is 12.4. The molecule has 0 unspecified atom stereocenters. The zero-order valence-corrected chi connectivity index (χ0v) is 18.5. The second kappa shape index (κ2) is 8.84. The number of fused-ring (bicyclic) bond motifs is 2. The highest BCUT2D eigenvalue weighted by Crippen LogP contribution is 2.34. The van der Waals surface area contributed by atoms with Crippen LogP contribution in [0.2, 0.25) is 0 Å². The van der Waals surface area contributed by atoms with Gasteiger partial charge in [-0.1, -0.05) is 18.2 Å². The minimum absolute atomic E-state index is 0.0312. The first-order valence-corrected chi connectivity index (χ1v) is 10.9. The molecule has 0 aliphatic carbocycles. The van der Waals surface area contributed by atoms with Crippen LogP contribution in [0.3, 0.4) is 0 Å². The van der Waals surface area contributed by atoms with Crippen LogP contribution in [0.25, 0.3) is 32.2 Å². The first-order valence-electron chi connectivity index (χ1n) is 10.1. The Labute approximate surface area is 187 Å². The molecular formula is C23H22F2N4O2S. The number of likely N-dealkylation sites (tertiary alicyclic amines) is 1. The van der Waals surface area contributed by atoms with Gasteiger partial charge in [0.25, 0.3) is 11.5 Å². The number of hydrogen-bond donors (Lipinski definition) is 0. The summed E-state index contributed by atoms with van der Waals surface area (Å²) in [5.41, 5.74) is 2.61. The summed E-state index contributed by atoms with van der Waals surface area (Å²) in [6.45, 7) is 1.07. The largest absolute Gasteiger partial charge is 0.306 e. The third kappa shape index (κ3) is 4.58. The minimum Gasteiger partial charge on any atom is -0.306 e. The fraction of sp³-hybridized carbons (Fsp3) is 0.304. The predicted molar refractivity (Wildman–Crippen MR) is 123 cm³/mol. The van der Waals surface area contributed by atoms with Crippen LogP contribution < -0.4 is 5.56 Å². The molecule has 4 heterocycles. The predicted octanol–water partition coefficient (Wildman–Crippen LogP) is 4.37. The van der Waals surface area contributed by atoms with E-state index in [1.807, 2.05) is 42.3 Å². The maximum absolute atomic E-state index is 12.4. The van der Waals surface area contributed by atoms with Gasteiger partial charge in [0.2, 0.25) is 0 Å². The highest BCUT2D eigenvalue weighted by atomic mass is 32.1. The molecule has 1 saturated heterocycles. The molecule has 0 atom stereocenters. The summed E-state index contributed by atoms with van der Waals surface area (Å²) in [6, 6.07) is 9.64. The molecule has 1 fully saturated rings. The van der Waals surface area contributed by atoms with Gasteiger partial charge in [0, 0.05) is 55.0 Å². The van der Waals surface area contributed by atoms with E-state index >= 15 is 0 Å². The van der Waals surface area contributed by atoms with Gasteiger partial charge in [-0.15, -0.1) is 11.3 Å². The van der Waals surface area contributed by atoms with Crippen molar-refractivity contribution in [3.63, 3.8) is 0 Å². The van der Waals surface area contributed by atoms with E-state index in [1.165, 1.54) is 22.2 Å². The van der Waals surface area contributed by atoms with Gasteiger partial charge in [0.15, 0.2) is 11.8 Å². The number of pyridine rings is 1. The number of nitrogens with zero attached hydrogens (tertiary/aromatic N) is 4. The number of carbonyl (C=O) groups is 1. The van der Waals surface area contributed by atoms with Crippen LogP contribution in [0.15, 0.2) is 47.7 Å². The van der Waals surface area contributed by atoms with Crippen LogP contribution in [-0.4, -0.2) is 51.8 Å². The van der Waals surface area contributed by atoms with Crippen molar-refractivity contribution in [3.8, 4) is 11.1 Å². The summed E-state index contributed by atoms with van der Waals surface area (Å²) in [5.74, 6) is -2.38. The Morgan fingerprint density at radius 1 is 1.12 bits per heavy atom. The van der Waals surface area contributed by atoms with Crippen molar-refractivity contribution in [1.82, 2.24) is 19.4 Å². The Kier molecular flexibility index (Phi) is 6.12. The smallest absolute Gasteiger partial charge is 0.279 e. The SMILES string of the molecule is CN1CCC(F)(F)CC1.Cn1cnc2cc(-c3cccc4cc(C=O)sc34)cnc2c1=O. The van der Waals surface area contributed by atoms with Gasteiger partial charge in [0.05, 0.1) is 16.7 Å². The fourth-order valence-electron chi connectivity index (χ4n) is 3.55. The van der Waals surface area contributed by atoms with E-state index in [4.69, 9.17) is 0 Å². The molecular weight excluding hydrogens is 434 g/mol. The van der Waals surface area contributed by atoms with Crippen molar-refractivity contribution in [2.75, 3.05) is 20.1 Å². The number of aromatic nitrogens is 3. The number of aldehydes is 1. The summed E-state index contributed by atoms with van der Waals surface area (Å²) in [6.07, 6.45) is 4.10. The summed E-state index contributed by atoms with van der Waals surface area (Å²) in [4.78, 5) is 34.3. The van der Waals surface area contributed by atoms with Crippen LogP contribution in [0, 0.1) is 0 Å². The van der Waals surface area contributed by atoms with Crippen molar-refractivity contribution in [1.29, 1.82) is 0 Å². The van der Waals surface area contributed by atoms with Gasteiger partial charge < -0.3 is 9.47 Å². The second-order valence-electron chi connectivity index (χ2n) is 7.90. The lowest BCUT2D eigenvalue weighted by atomic mass is 10.1. The zero-order chi connectivity index (χ0) is 22.9. The molecule has 4 aromatic rings. The number of carbonyl (C=O) groups excluding carboxylic acids is 1. The maximum Gasteiger partial charge on any atom is 0.279 e. The lowest BCUT2D eigenvalue weighted by Gasteiger charge is -2.28. The average molecular weight is 457 g/mol. The fourth-order valence-corrected chi connectivity index (χ4v) is 4.56. The van der Waals surface area contributed by atoms with E-state index in [0.717, 1.165) is 27.5 Å². The van der Waals surface area contributed by atoms with Gasteiger partial charge in [-0.25, -0.2) is 18.7 Å². The topological polar surface area (TPSA) is 68.1 Å². The van der Waals surface area contributed by atoms with Gasteiger partial charge in [0.1, 0.15) is 0 Å². The minimum atomic E-state index is -2.38. The number of hydrogen-bond acceptors (Lipinski definition) is 6. The lowest BCUT2D eigenvalue weighted by molar-refractivity contribution is -0.0504. The molecule has 6 nitrogen and oxygen atoms in total. The van der Waals surface area contributed by atoms with Crippen molar-refractivity contribution in [3.05, 3.63) is 58.1 Å². The summed E-state index contributed by atoms with van der Waals surface area (Å²) < 4.78 is 27.1.